The van der Waals surface area contributed by atoms with E-state index in [1.807, 2.05) is 36.4 Å². The van der Waals surface area contributed by atoms with Crippen LogP contribution in [-0.4, -0.2) is 30.2 Å². The summed E-state index contributed by atoms with van der Waals surface area (Å²) < 4.78 is 11.7. The fourth-order valence-electron chi connectivity index (χ4n) is 2.44. The lowest BCUT2D eigenvalue weighted by molar-refractivity contribution is -0.132. The normalized spacial score (nSPS) is 13.3. The number of rotatable bonds is 9. The number of hydrogen-bond acceptors (Lipinski definition) is 5. The minimum absolute atomic E-state index is 0.165. The molecule has 10 heteroatoms. The maximum absolute atomic E-state index is 12.6. The van der Waals surface area contributed by atoms with Crippen molar-refractivity contribution < 1.29 is 18.7 Å². The smallest absolute Gasteiger partial charge is 0.262 e. The maximum atomic E-state index is 12.6. The minimum Gasteiger partial charge on any atom is -0.479 e. The van der Waals surface area contributed by atoms with E-state index in [4.69, 9.17) is 32.4 Å². The number of benzene rings is 1. The third kappa shape index (κ3) is 7.81. The van der Waals surface area contributed by atoms with Gasteiger partial charge in [-0.15, -0.1) is 0 Å². The highest BCUT2D eigenvalue weighted by Gasteiger charge is 2.25. The van der Waals surface area contributed by atoms with Gasteiger partial charge in [0.25, 0.3) is 11.8 Å². The Labute approximate surface area is 198 Å². The Kier molecular flexibility index (Phi) is 9.44. The summed E-state index contributed by atoms with van der Waals surface area (Å²) in [5.74, 6) is 0.105. The van der Waals surface area contributed by atoms with Crippen LogP contribution in [0.3, 0.4) is 0 Å². The van der Waals surface area contributed by atoms with E-state index >= 15 is 0 Å². The Hall–Kier alpha value is -1.78. The molecule has 1 aromatic heterocycles. The molecule has 0 spiro atoms. The van der Waals surface area contributed by atoms with Crippen LogP contribution in [0.1, 0.15) is 33.0 Å². The molecule has 162 valence electrons. The van der Waals surface area contributed by atoms with Gasteiger partial charge in [0, 0.05) is 5.02 Å². The highest BCUT2D eigenvalue weighted by molar-refractivity contribution is 14.1. The zero-order chi connectivity index (χ0) is 22.3. The van der Waals surface area contributed by atoms with Crippen LogP contribution in [0.2, 0.25) is 10.0 Å². The second-order valence-corrected chi connectivity index (χ2v) is 8.81. The summed E-state index contributed by atoms with van der Waals surface area (Å²) in [6.45, 7) is 5.48. The molecular formula is C20H22Cl2IN3O4. The monoisotopic (exact) mass is 565 g/mol. The summed E-state index contributed by atoms with van der Waals surface area (Å²) in [4.78, 5) is 25.1. The lowest BCUT2D eigenvalue weighted by atomic mass is 10.0. The van der Waals surface area contributed by atoms with Gasteiger partial charge in [-0.25, -0.2) is 5.43 Å². The van der Waals surface area contributed by atoms with Crippen molar-refractivity contribution in [1.29, 1.82) is 0 Å². The Balaban J connectivity index is 1.98. The number of hydrogen-bond donors (Lipinski definition) is 2. The lowest BCUT2D eigenvalue weighted by Gasteiger charge is -2.22. The minimum atomic E-state index is -0.875. The SMILES string of the molecule is CC(C)C[C@@H](NC(=O)[C@H](C)Oc1ccc(Cl)cc1Cl)C(=O)N/N=C\c1ccc(I)o1. The third-order valence-electron chi connectivity index (χ3n) is 3.87. The second kappa shape index (κ2) is 11.6. The van der Waals surface area contributed by atoms with Crippen LogP contribution in [0.25, 0.3) is 0 Å². The molecule has 2 rings (SSSR count). The van der Waals surface area contributed by atoms with Gasteiger partial charge in [-0.2, -0.15) is 5.10 Å². The first kappa shape index (κ1) is 24.5. The summed E-state index contributed by atoms with van der Waals surface area (Å²) >= 11 is 14.0. The molecule has 0 saturated heterocycles. The molecule has 2 aromatic rings. The topological polar surface area (TPSA) is 92.9 Å². The van der Waals surface area contributed by atoms with Crippen molar-refractivity contribution in [3.05, 3.63) is 49.9 Å². The molecule has 1 aromatic carbocycles. The molecular weight excluding hydrogens is 544 g/mol. The third-order valence-corrected chi connectivity index (χ3v) is 4.98. The van der Waals surface area contributed by atoms with Gasteiger partial charge in [0.05, 0.1) is 11.2 Å². The predicted octanol–water partition coefficient (Wildman–Crippen LogP) is 4.64. The van der Waals surface area contributed by atoms with E-state index < -0.39 is 24.0 Å². The number of furan rings is 1. The van der Waals surface area contributed by atoms with E-state index in [1.54, 1.807) is 31.2 Å². The van der Waals surface area contributed by atoms with Crippen LogP contribution >= 0.6 is 45.8 Å². The number of carbonyl (C=O) groups excluding carboxylic acids is 2. The number of amides is 2. The highest BCUT2D eigenvalue weighted by Crippen LogP contribution is 2.28. The molecule has 0 saturated carbocycles. The molecule has 0 bridgehead atoms. The summed E-state index contributed by atoms with van der Waals surface area (Å²) in [6, 6.07) is 7.44. The first-order valence-electron chi connectivity index (χ1n) is 9.16. The van der Waals surface area contributed by atoms with E-state index in [9.17, 15) is 9.59 Å². The average Bonchev–Trinajstić information content (AvgIpc) is 3.08. The first-order chi connectivity index (χ1) is 14.2. The van der Waals surface area contributed by atoms with Gasteiger partial charge < -0.3 is 14.5 Å². The molecule has 0 fully saturated rings. The number of ether oxygens (including phenoxy) is 1. The summed E-state index contributed by atoms with van der Waals surface area (Å²) in [7, 11) is 0. The van der Waals surface area contributed by atoms with Crippen molar-refractivity contribution in [1.82, 2.24) is 10.7 Å². The number of hydrazone groups is 1. The van der Waals surface area contributed by atoms with Crippen molar-refractivity contribution in [2.45, 2.75) is 39.3 Å². The van der Waals surface area contributed by atoms with E-state index in [1.165, 1.54) is 12.3 Å². The fraction of sp³-hybridized carbons (Fsp3) is 0.350. The maximum Gasteiger partial charge on any atom is 0.262 e. The molecule has 30 heavy (non-hydrogen) atoms. The molecule has 7 nitrogen and oxygen atoms in total. The van der Waals surface area contributed by atoms with Gasteiger partial charge >= 0.3 is 0 Å². The summed E-state index contributed by atoms with van der Waals surface area (Å²) in [6.07, 6.45) is 0.947. The van der Waals surface area contributed by atoms with E-state index in [0.717, 1.165) is 0 Å². The zero-order valence-corrected chi connectivity index (χ0v) is 20.3. The number of nitrogens with one attached hydrogen (secondary N) is 2. The van der Waals surface area contributed by atoms with Crippen molar-refractivity contribution in [2.24, 2.45) is 11.0 Å². The van der Waals surface area contributed by atoms with Gasteiger partial charge in [0.2, 0.25) is 0 Å². The molecule has 0 unspecified atom stereocenters. The van der Waals surface area contributed by atoms with Crippen molar-refractivity contribution in [3.63, 3.8) is 0 Å². The van der Waals surface area contributed by atoms with Gasteiger partial charge in [0.1, 0.15) is 17.6 Å². The van der Waals surface area contributed by atoms with Crippen molar-refractivity contribution in [3.8, 4) is 5.75 Å². The first-order valence-corrected chi connectivity index (χ1v) is 11.0. The van der Waals surface area contributed by atoms with Crippen LogP contribution in [-0.2, 0) is 9.59 Å². The van der Waals surface area contributed by atoms with Gasteiger partial charge in [-0.05, 0) is 72.2 Å². The Morgan fingerprint density at radius 3 is 2.53 bits per heavy atom. The Bertz CT molecular complexity index is 917. The highest BCUT2D eigenvalue weighted by atomic mass is 127. The van der Waals surface area contributed by atoms with E-state index in [-0.39, 0.29) is 5.92 Å². The van der Waals surface area contributed by atoms with Crippen LogP contribution in [0.15, 0.2) is 39.9 Å². The largest absolute Gasteiger partial charge is 0.479 e. The predicted molar refractivity (Wildman–Crippen MR) is 125 cm³/mol. The van der Waals surface area contributed by atoms with Crippen LogP contribution in [0, 0.1) is 9.68 Å². The van der Waals surface area contributed by atoms with E-state index in [2.05, 4.69) is 15.8 Å². The number of halogens is 3. The van der Waals surface area contributed by atoms with Crippen LogP contribution in [0.4, 0.5) is 0 Å². The molecule has 0 aliphatic carbocycles. The lowest BCUT2D eigenvalue weighted by Crippen LogP contribution is -2.49. The summed E-state index contributed by atoms with van der Waals surface area (Å²) in [5, 5.41) is 7.35. The quantitative estimate of drug-likeness (QED) is 0.263. The number of carbonyl (C=O) groups is 2. The van der Waals surface area contributed by atoms with Crippen molar-refractivity contribution >= 4 is 63.8 Å². The fourth-order valence-corrected chi connectivity index (χ4v) is 3.33. The zero-order valence-electron chi connectivity index (χ0n) is 16.6. The number of nitrogens with zero attached hydrogens (tertiary/aromatic N) is 1. The molecule has 2 N–H and O–H groups in total. The molecule has 1 heterocycles. The molecule has 0 aliphatic heterocycles. The van der Waals surface area contributed by atoms with Gasteiger partial charge in [-0.1, -0.05) is 37.0 Å². The molecule has 2 atom stereocenters. The summed E-state index contributed by atoms with van der Waals surface area (Å²) in [5.41, 5.74) is 2.43. The Morgan fingerprint density at radius 1 is 1.20 bits per heavy atom. The average molecular weight is 566 g/mol. The molecule has 2 amide bonds. The van der Waals surface area contributed by atoms with Gasteiger partial charge in [0.15, 0.2) is 9.87 Å². The standard InChI is InChI=1S/C20H22Cl2IN3O4/c1-11(2)8-16(20(28)26-24-10-14-5-7-18(23)30-14)25-19(27)12(3)29-17-6-4-13(21)9-15(17)22/h4-7,9-12,16H,8H2,1-3H3,(H,25,27)(H,26,28)/b24-10-/t12-,16+/m0/s1. The second-order valence-electron chi connectivity index (χ2n) is 6.90. The Morgan fingerprint density at radius 2 is 1.93 bits per heavy atom. The van der Waals surface area contributed by atoms with E-state index in [0.29, 0.717) is 31.7 Å². The van der Waals surface area contributed by atoms with Crippen molar-refractivity contribution in [2.75, 3.05) is 0 Å². The molecule has 0 radical (unpaired) electrons. The van der Waals surface area contributed by atoms with Gasteiger partial charge in [-0.3, -0.25) is 9.59 Å². The van der Waals surface area contributed by atoms with Crippen LogP contribution in [0.5, 0.6) is 5.75 Å². The van der Waals surface area contributed by atoms with Crippen LogP contribution < -0.4 is 15.5 Å². The molecule has 0 aliphatic rings.